The van der Waals surface area contributed by atoms with E-state index in [2.05, 4.69) is 9.72 Å². The largest absolute Gasteiger partial charge is 0.467 e. The third-order valence-corrected chi connectivity index (χ3v) is 3.85. The van der Waals surface area contributed by atoms with Gasteiger partial charge < -0.3 is 9.84 Å². The number of rotatable bonds is 5. The van der Waals surface area contributed by atoms with Crippen LogP contribution in [-0.4, -0.2) is 51.8 Å². The fourth-order valence-corrected chi connectivity index (χ4v) is 2.58. The molecule has 1 atom stereocenters. The minimum atomic E-state index is -2.60. The summed E-state index contributed by atoms with van der Waals surface area (Å²) in [5.41, 5.74) is 0. The molecule has 0 bridgehead atoms. The van der Waals surface area contributed by atoms with Crippen molar-refractivity contribution in [2.24, 2.45) is 5.92 Å². The number of imidazole rings is 1. The maximum Gasteiger partial charge on any atom is 0.334 e. The number of aromatic nitrogens is 2. The lowest BCUT2D eigenvalue weighted by atomic mass is 9.91. The van der Waals surface area contributed by atoms with Crippen LogP contribution in [0.2, 0.25) is 0 Å². The normalized spacial score (nSPS) is 18.9. The summed E-state index contributed by atoms with van der Waals surface area (Å²) in [5.74, 6) is -0.456. The Hall–Kier alpha value is -1.54. The van der Waals surface area contributed by atoms with E-state index in [4.69, 9.17) is 0 Å². The van der Waals surface area contributed by atoms with Crippen LogP contribution < -0.4 is 0 Å². The molecule has 0 aromatic carbocycles. The van der Waals surface area contributed by atoms with Crippen molar-refractivity contribution in [1.82, 2.24) is 14.5 Å². The van der Waals surface area contributed by atoms with E-state index >= 15 is 0 Å². The van der Waals surface area contributed by atoms with Crippen molar-refractivity contribution >= 4 is 5.97 Å². The molecule has 1 saturated heterocycles. The zero-order chi connectivity index (χ0) is 15.4. The van der Waals surface area contributed by atoms with E-state index in [1.807, 2.05) is 4.90 Å². The van der Waals surface area contributed by atoms with Crippen molar-refractivity contribution in [2.75, 3.05) is 20.2 Å². The van der Waals surface area contributed by atoms with Crippen LogP contribution in [0.15, 0.2) is 12.4 Å². The summed E-state index contributed by atoms with van der Waals surface area (Å²) in [7, 11) is 1.24. The van der Waals surface area contributed by atoms with Crippen molar-refractivity contribution in [3.63, 3.8) is 0 Å². The van der Waals surface area contributed by atoms with Crippen molar-refractivity contribution in [3.05, 3.63) is 18.2 Å². The Kier molecular flexibility index (Phi) is 5.24. The molecule has 6 nitrogen and oxygen atoms in total. The molecule has 1 aliphatic heterocycles. The molecule has 0 saturated carbocycles. The molecular formula is C13H19F2N3O3. The number of hydrogen-bond donors (Lipinski definition) is 1. The number of hydrogen-bond acceptors (Lipinski definition) is 5. The molecule has 21 heavy (non-hydrogen) atoms. The quantitative estimate of drug-likeness (QED) is 0.823. The van der Waals surface area contributed by atoms with Gasteiger partial charge in [0.05, 0.1) is 13.7 Å². The summed E-state index contributed by atoms with van der Waals surface area (Å²) in [4.78, 5) is 17.2. The predicted octanol–water partition coefficient (Wildman–Crippen LogP) is 1.02. The molecule has 8 heteroatoms. The molecule has 1 N–H and O–H groups in total. The van der Waals surface area contributed by atoms with E-state index in [1.54, 1.807) is 0 Å². The van der Waals surface area contributed by atoms with Crippen LogP contribution >= 0.6 is 0 Å². The molecule has 0 amide bonds. The second-order valence-corrected chi connectivity index (χ2v) is 5.11. The number of carbonyl (C=O) groups excluding carboxylic acids is 1. The maximum atomic E-state index is 12.7. The van der Waals surface area contributed by atoms with Crippen molar-refractivity contribution in [1.29, 1.82) is 0 Å². The lowest BCUT2D eigenvalue weighted by molar-refractivity contribution is -0.154. The highest BCUT2D eigenvalue weighted by molar-refractivity contribution is 5.74. The van der Waals surface area contributed by atoms with Crippen LogP contribution in [-0.2, 0) is 16.1 Å². The molecule has 2 rings (SSSR count). The van der Waals surface area contributed by atoms with Gasteiger partial charge in [0.2, 0.25) is 0 Å². The number of carbonyl (C=O) groups is 1. The summed E-state index contributed by atoms with van der Waals surface area (Å²) in [5, 5.41) is 9.79. The van der Waals surface area contributed by atoms with Gasteiger partial charge >= 0.3 is 12.5 Å². The minimum Gasteiger partial charge on any atom is -0.467 e. The molecule has 1 aromatic rings. The van der Waals surface area contributed by atoms with Gasteiger partial charge in [0.1, 0.15) is 5.82 Å². The first kappa shape index (κ1) is 15.8. The predicted molar refractivity (Wildman–Crippen MR) is 69.5 cm³/mol. The van der Waals surface area contributed by atoms with Gasteiger partial charge in [0.25, 0.3) is 0 Å². The first-order valence-electron chi connectivity index (χ1n) is 6.81. The third kappa shape index (κ3) is 3.76. The standard InChI is InChI=1S/C13H19F2N3O3/c1-21-12(20)11(19)9-2-5-17(6-3-9)8-10-16-4-7-18(10)13(14)15/h4,7,9,11,13,19H,2-3,5-6,8H2,1H3/t11-/m0/s1. The number of aliphatic hydroxyl groups is 1. The summed E-state index contributed by atoms with van der Waals surface area (Å²) in [6.07, 6.45) is 2.74. The Labute approximate surface area is 121 Å². The van der Waals surface area contributed by atoms with Crippen LogP contribution in [0.4, 0.5) is 8.78 Å². The van der Waals surface area contributed by atoms with Crippen molar-refractivity contribution in [2.45, 2.75) is 32.0 Å². The summed E-state index contributed by atoms with van der Waals surface area (Å²) in [6.45, 7) is -1.02. The number of esters is 1. The highest BCUT2D eigenvalue weighted by Crippen LogP contribution is 2.23. The molecule has 0 aliphatic carbocycles. The van der Waals surface area contributed by atoms with E-state index in [1.165, 1.54) is 19.5 Å². The Morgan fingerprint density at radius 2 is 2.19 bits per heavy atom. The van der Waals surface area contributed by atoms with Gasteiger partial charge in [0.15, 0.2) is 6.10 Å². The molecule has 1 aliphatic rings. The van der Waals surface area contributed by atoms with Gasteiger partial charge in [-0.1, -0.05) is 0 Å². The fraction of sp³-hybridized carbons (Fsp3) is 0.692. The van der Waals surface area contributed by atoms with Crippen LogP contribution in [0.3, 0.4) is 0 Å². The fourth-order valence-electron chi connectivity index (χ4n) is 2.58. The van der Waals surface area contributed by atoms with Gasteiger partial charge in [-0.25, -0.2) is 9.78 Å². The third-order valence-electron chi connectivity index (χ3n) is 3.85. The number of aliphatic hydroxyl groups excluding tert-OH is 1. The van der Waals surface area contributed by atoms with Crippen LogP contribution in [0.5, 0.6) is 0 Å². The number of alkyl halides is 2. The first-order valence-corrected chi connectivity index (χ1v) is 6.81. The smallest absolute Gasteiger partial charge is 0.334 e. The van der Waals surface area contributed by atoms with Gasteiger partial charge in [-0.3, -0.25) is 9.47 Å². The van der Waals surface area contributed by atoms with Gasteiger partial charge in [-0.2, -0.15) is 8.78 Å². The topological polar surface area (TPSA) is 67.6 Å². The number of likely N-dealkylation sites (tertiary alicyclic amines) is 1. The van der Waals surface area contributed by atoms with E-state index in [-0.39, 0.29) is 5.92 Å². The zero-order valence-corrected chi connectivity index (χ0v) is 11.8. The van der Waals surface area contributed by atoms with E-state index < -0.39 is 18.6 Å². The Morgan fingerprint density at radius 1 is 1.52 bits per heavy atom. The molecule has 0 radical (unpaired) electrons. The van der Waals surface area contributed by atoms with Crippen molar-refractivity contribution in [3.8, 4) is 0 Å². The number of nitrogens with zero attached hydrogens (tertiary/aromatic N) is 3. The average Bonchev–Trinajstić information content (AvgIpc) is 2.95. The van der Waals surface area contributed by atoms with Gasteiger partial charge in [0, 0.05) is 12.4 Å². The monoisotopic (exact) mass is 303 g/mol. The highest BCUT2D eigenvalue weighted by atomic mass is 19.3. The van der Waals surface area contributed by atoms with Crippen LogP contribution in [0, 0.1) is 5.92 Å². The SMILES string of the molecule is COC(=O)[C@@H](O)C1CCN(Cc2nccn2C(F)F)CC1. The van der Waals surface area contributed by atoms with Crippen LogP contribution in [0.1, 0.15) is 25.2 Å². The molecule has 118 valence electrons. The van der Waals surface area contributed by atoms with E-state index in [9.17, 15) is 18.7 Å². The first-order chi connectivity index (χ1) is 10.0. The average molecular weight is 303 g/mol. The molecule has 0 unspecified atom stereocenters. The van der Waals surface area contributed by atoms with E-state index in [0.29, 0.717) is 38.3 Å². The summed E-state index contributed by atoms with van der Waals surface area (Å²) in [6, 6.07) is 0. The van der Waals surface area contributed by atoms with Crippen LogP contribution in [0.25, 0.3) is 0 Å². The molecule has 1 aromatic heterocycles. The highest BCUT2D eigenvalue weighted by Gasteiger charge is 2.30. The molecule has 2 heterocycles. The minimum absolute atomic E-state index is 0.149. The van der Waals surface area contributed by atoms with Gasteiger partial charge in [-0.15, -0.1) is 0 Å². The lowest BCUT2D eigenvalue weighted by Gasteiger charge is -2.33. The van der Waals surface area contributed by atoms with Gasteiger partial charge in [-0.05, 0) is 31.8 Å². The Balaban J connectivity index is 1.87. The number of piperidine rings is 1. The van der Waals surface area contributed by atoms with Crippen molar-refractivity contribution < 1.29 is 23.4 Å². The summed E-state index contributed by atoms with van der Waals surface area (Å²) < 4.78 is 30.8. The number of ether oxygens (including phenoxy) is 1. The Morgan fingerprint density at radius 3 is 2.76 bits per heavy atom. The molecule has 0 spiro atoms. The second-order valence-electron chi connectivity index (χ2n) is 5.11. The summed E-state index contributed by atoms with van der Waals surface area (Å²) >= 11 is 0. The number of methoxy groups -OCH3 is 1. The second kappa shape index (κ2) is 6.95. The zero-order valence-electron chi connectivity index (χ0n) is 11.8. The lowest BCUT2D eigenvalue weighted by Crippen LogP contribution is -2.40. The number of halogens is 2. The molecule has 1 fully saturated rings. The Bertz CT molecular complexity index is 473. The molecular weight excluding hydrogens is 284 g/mol. The van der Waals surface area contributed by atoms with E-state index in [0.717, 1.165) is 4.57 Å². The maximum absolute atomic E-state index is 12.7.